The normalized spacial score (nSPS) is 21.8. The zero-order chi connectivity index (χ0) is 20.5. The number of benzene rings is 1. The number of H-pyrrole nitrogens is 1. The number of nitrogens with zero attached hydrogens (tertiary/aromatic N) is 2. The summed E-state index contributed by atoms with van der Waals surface area (Å²) in [7, 11) is 0. The van der Waals surface area contributed by atoms with Crippen molar-refractivity contribution in [3.8, 4) is 5.75 Å². The highest BCUT2D eigenvalue weighted by molar-refractivity contribution is 7.80. The lowest BCUT2D eigenvalue weighted by atomic mass is 10.0. The van der Waals surface area contributed by atoms with Crippen molar-refractivity contribution in [1.82, 2.24) is 15.3 Å². The molecular weight excluding hydrogens is 392 g/mol. The summed E-state index contributed by atoms with van der Waals surface area (Å²) in [4.78, 5) is 10.3. The fraction of sp³-hybridized carbons (Fsp3) is 0.333. The van der Waals surface area contributed by atoms with Gasteiger partial charge in [-0.05, 0) is 93.4 Å². The van der Waals surface area contributed by atoms with Crippen molar-refractivity contribution < 1.29 is 4.74 Å². The van der Waals surface area contributed by atoms with E-state index in [1.807, 2.05) is 24.4 Å². The van der Waals surface area contributed by atoms with Gasteiger partial charge < -0.3 is 19.9 Å². The molecule has 154 valence electrons. The average molecular weight is 419 g/mol. The van der Waals surface area contributed by atoms with Gasteiger partial charge in [0.25, 0.3) is 0 Å². The largest absolute Gasteiger partial charge is 0.490 e. The molecule has 0 bridgehead atoms. The molecule has 1 saturated carbocycles. The van der Waals surface area contributed by atoms with Gasteiger partial charge in [-0.15, -0.1) is 0 Å². The van der Waals surface area contributed by atoms with Gasteiger partial charge in [-0.25, -0.2) is 0 Å². The molecule has 5 rings (SSSR count). The van der Waals surface area contributed by atoms with E-state index in [1.165, 1.54) is 12.8 Å². The average Bonchev–Trinajstić information content (AvgIpc) is 3.50. The van der Waals surface area contributed by atoms with Crippen LogP contribution in [0, 0.1) is 6.92 Å². The maximum atomic E-state index is 6.14. The van der Waals surface area contributed by atoms with E-state index in [0.29, 0.717) is 11.2 Å². The van der Waals surface area contributed by atoms with Gasteiger partial charge >= 0.3 is 0 Å². The molecule has 1 aliphatic carbocycles. The van der Waals surface area contributed by atoms with E-state index >= 15 is 0 Å². The minimum Gasteiger partial charge on any atom is -0.490 e. The summed E-state index contributed by atoms with van der Waals surface area (Å²) in [5, 5.41) is 4.19. The second-order valence-electron chi connectivity index (χ2n) is 8.11. The summed E-state index contributed by atoms with van der Waals surface area (Å²) in [5.74, 6) is 0.928. The Labute approximate surface area is 182 Å². The van der Waals surface area contributed by atoms with E-state index < -0.39 is 0 Å². The van der Waals surface area contributed by atoms with Gasteiger partial charge in [-0.2, -0.15) is 0 Å². The van der Waals surface area contributed by atoms with Gasteiger partial charge in [0, 0.05) is 23.3 Å². The zero-order valence-electron chi connectivity index (χ0n) is 17.0. The van der Waals surface area contributed by atoms with Gasteiger partial charge in [0.15, 0.2) is 5.11 Å². The Morgan fingerprint density at radius 3 is 2.50 bits per heavy atom. The molecule has 2 aliphatic rings. The monoisotopic (exact) mass is 418 g/mol. The van der Waals surface area contributed by atoms with Crippen molar-refractivity contribution in [2.45, 2.75) is 50.8 Å². The molecule has 1 saturated heterocycles. The quantitative estimate of drug-likeness (QED) is 0.557. The maximum Gasteiger partial charge on any atom is 0.174 e. The molecule has 1 aliphatic heterocycles. The first-order chi connectivity index (χ1) is 14.7. The van der Waals surface area contributed by atoms with Gasteiger partial charge in [0.05, 0.1) is 17.8 Å². The molecule has 2 unspecified atom stereocenters. The lowest BCUT2D eigenvalue weighted by molar-refractivity contribution is 0.210. The Morgan fingerprint density at radius 1 is 1.03 bits per heavy atom. The van der Waals surface area contributed by atoms with E-state index in [0.717, 1.165) is 41.4 Å². The van der Waals surface area contributed by atoms with Crippen molar-refractivity contribution in [3.63, 3.8) is 0 Å². The molecule has 5 nitrogen and oxygen atoms in total. The van der Waals surface area contributed by atoms with Crippen LogP contribution < -0.4 is 15.0 Å². The zero-order valence-corrected chi connectivity index (χ0v) is 17.9. The number of aromatic amines is 1. The van der Waals surface area contributed by atoms with Crippen LogP contribution >= 0.6 is 12.2 Å². The molecule has 3 aromatic rings. The maximum absolute atomic E-state index is 6.14. The third-order valence-electron chi connectivity index (χ3n) is 5.99. The van der Waals surface area contributed by atoms with Gasteiger partial charge in [-0.3, -0.25) is 4.98 Å². The predicted octanol–water partition coefficient (Wildman–Crippen LogP) is 5.22. The SMILES string of the molecule is Cc1ccc(C2C(c3ccccn3)NC(=S)N2c2ccc(OC3CCCC3)cc2)[nH]1. The first kappa shape index (κ1) is 19.1. The number of thiocarbonyl (C=S) groups is 1. The van der Waals surface area contributed by atoms with Gasteiger partial charge in [-0.1, -0.05) is 6.07 Å². The van der Waals surface area contributed by atoms with Crippen LogP contribution in [0.1, 0.15) is 54.8 Å². The molecule has 2 aromatic heterocycles. The topological polar surface area (TPSA) is 53.2 Å². The van der Waals surface area contributed by atoms with Crippen LogP contribution in [-0.2, 0) is 0 Å². The molecular formula is C24H26N4OS. The number of rotatable bonds is 5. The third kappa shape index (κ3) is 3.67. The molecule has 2 atom stereocenters. The number of aryl methyl sites for hydroxylation is 1. The van der Waals surface area contributed by atoms with Crippen LogP contribution in [0.4, 0.5) is 5.69 Å². The lowest BCUT2D eigenvalue weighted by Gasteiger charge is -2.27. The standard InChI is InChI=1S/C24H26N4OS/c1-16-9-14-21(26-16)23-22(20-8-4-5-15-25-20)27-24(30)28(23)17-10-12-19(13-11-17)29-18-6-2-3-7-18/h4-5,8-15,18,22-23,26H,2-3,6-7H2,1H3,(H,27,30). The first-order valence-electron chi connectivity index (χ1n) is 10.6. The number of hydrogen-bond donors (Lipinski definition) is 2. The summed E-state index contributed by atoms with van der Waals surface area (Å²) >= 11 is 5.77. The van der Waals surface area contributed by atoms with E-state index in [-0.39, 0.29) is 12.1 Å². The highest BCUT2D eigenvalue weighted by Gasteiger charge is 2.41. The van der Waals surface area contributed by atoms with Crippen molar-refractivity contribution in [3.05, 3.63) is 77.9 Å². The number of nitrogens with one attached hydrogen (secondary N) is 2. The number of anilines is 1. The van der Waals surface area contributed by atoms with Crippen molar-refractivity contribution >= 4 is 23.0 Å². The van der Waals surface area contributed by atoms with Crippen LogP contribution in [0.3, 0.4) is 0 Å². The Bertz CT molecular complexity index is 1010. The van der Waals surface area contributed by atoms with E-state index in [4.69, 9.17) is 17.0 Å². The highest BCUT2D eigenvalue weighted by atomic mass is 32.1. The van der Waals surface area contributed by atoms with Crippen molar-refractivity contribution in [2.75, 3.05) is 4.90 Å². The molecule has 0 radical (unpaired) electrons. The fourth-order valence-electron chi connectivity index (χ4n) is 4.53. The summed E-state index contributed by atoms with van der Waals surface area (Å²) in [5.41, 5.74) is 4.26. The van der Waals surface area contributed by atoms with Crippen LogP contribution in [0.5, 0.6) is 5.75 Å². The van der Waals surface area contributed by atoms with Gasteiger partial charge in [0.2, 0.25) is 0 Å². The molecule has 0 spiro atoms. The Kier molecular flexibility index (Phi) is 5.17. The Balaban J connectivity index is 1.46. The molecule has 6 heteroatoms. The molecule has 2 N–H and O–H groups in total. The second-order valence-corrected chi connectivity index (χ2v) is 8.50. The summed E-state index contributed by atoms with van der Waals surface area (Å²) < 4.78 is 6.14. The van der Waals surface area contributed by atoms with E-state index in [2.05, 4.69) is 63.5 Å². The Hall–Kier alpha value is -2.86. The number of aromatic nitrogens is 2. The predicted molar refractivity (Wildman–Crippen MR) is 123 cm³/mol. The molecule has 2 fully saturated rings. The van der Waals surface area contributed by atoms with Crippen LogP contribution in [0.25, 0.3) is 0 Å². The fourth-order valence-corrected chi connectivity index (χ4v) is 4.88. The number of ether oxygens (including phenoxy) is 1. The number of pyridine rings is 1. The Morgan fingerprint density at radius 2 is 1.83 bits per heavy atom. The smallest absolute Gasteiger partial charge is 0.174 e. The second kappa shape index (κ2) is 8.11. The van der Waals surface area contributed by atoms with Crippen molar-refractivity contribution in [1.29, 1.82) is 0 Å². The summed E-state index contributed by atoms with van der Waals surface area (Å²) in [6, 6.07) is 18.5. The van der Waals surface area contributed by atoms with Crippen molar-refractivity contribution in [2.24, 2.45) is 0 Å². The summed E-state index contributed by atoms with van der Waals surface area (Å²) in [6.45, 7) is 2.07. The minimum absolute atomic E-state index is 0.0114. The number of hydrogen-bond acceptors (Lipinski definition) is 3. The summed E-state index contributed by atoms with van der Waals surface area (Å²) in [6.07, 6.45) is 7.03. The molecule has 1 aromatic carbocycles. The van der Waals surface area contributed by atoms with Gasteiger partial charge in [0.1, 0.15) is 11.8 Å². The van der Waals surface area contributed by atoms with E-state index in [9.17, 15) is 0 Å². The van der Waals surface area contributed by atoms with Crippen LogP contribution in [-0.4, -0.2) is 21.2 Å². The van der Waals surface area contributed by atoms with E-state index in [1.54, 1.807) is 0 Å². The lowest BCUT2D eigenvalue weighted by Crippen LogP contribution is -2.29. The molecule has 0 amide bonds. The van der Waals surface area contributed by atoms with Crippen LogP contribution in [0.15, 0.2) is 60.8 Å². The highest BCUT2D eigenvalue weighted by Crippen LogP contribution is 2.41. The molecule has 3 heterocycles. The third-order valence-corrected chi connectivity index (χ3v) is 6.31. The molecule has 30 heavy (non-hydrogen) atoms. The van der Waals surface area contributed by atoms with Crippen LogP contribution in [0.2, 0.25) is 0 Å². The first-order valence-corrected chi connectivity index (χ1v) is 11.0. The minimum atomic E-state index is -0.0360.